The van der Waals surface area contributed by atoms with Gasteiger partial charge in [-0.25, -0.2) is 9.97 Å². The van der Waals surface area contributed by atoms with E-state index in [4.69, 9.17) is 27.8 Å². The van der Waals surface area contributed by atoms with Gasteiger partial charge in [0.1, 0.15) is 16.7 Å². The Bertz CT molecular complexity index is 1610. The quantitative estimate of drug-likeness (QED) is 0.315. The number of nitrogen functional groups attached to an aromatic ring is 1. The van der Waals surface area contributed by atoms with E-state index in [2.05, 4.69) is 32.1 Å². The largest absolute Gasteiger partial charge is 0.493 e. The standard InChI is InChI=1S/C29H35ClN8O4S/c1-2-17-23(31)29(15-42-17)9-12-37(13-10-29)20-14-33-27(24(32)35-20)43-18-7-5-6-16(22(18)30)34-25(39)21-26(40)36-19-8-3-4-11-38(19)28(21)41/h5-7,14,17,23,40H,2-4,8-13,15,31H2,1H3,(H2,32,35)(H,34,39)/t17-,23+/m0/s1. The first-order valence-corrected chi connectivity index (χ1v) is 15.7. The van der Waals surface area contributed by atoms with Crippen molar-refractivity contribution < 1.29 is 14.6 Å². The van der Waals surface area contributed by atoms with Crippen LogP contribution < -0.4 is 27.2 Å². The number of ether oxygens (including phenoxy) is 1. The number of aryl methyl sites for hydroxylation is 1. The van der Waals surface area contributed by atoms with E-state index in [0.717, 1.165) is 45.2 Å². The fourth-order valence-electron chi connectivity index (χ4n) is 6.25. The van der Waals surface area contributed by atoms with Crippen LogP contribution in [0.15, 0.2) is 39.1 Å². The van der Waals surface area contributed by atoms with Gasteiger partial charge in [-0.3, -0.25) is 14.2 Å². The zero-order valence-electron chi connectivity index (χ0n) is 23.9. The number of carbonyl (C=O) groups excluding carboxylic acids is 1. The number of halogens is 1. The van der Waals surface area contributed by atoms with Crippen LogP contribution in [-0.2, 0) is 17.7 Å². The molecule has 1 spiro atoms. The summed E-state index contributed by atoms with van der Waals surface area (Å²) in [5.74, 6) is 0.0657. The molecule has 6 N–H and O–H groups in total. The molecule has 0 aliphatic carbocycles. The van der Waals surface area contributed by atoms with E-state index < -0.39 is 22.9 Å². The highest BCUT2D eigenvalue weighted by molar-refractivity contribution is 7.99. The number of nitrogens with one attached hydrogen (secondary N) is 1. The van der Waals surface area contributed by atoms with Crippen molar-refractivity contribution in [3.63, 3.8) is 0 Å². The van der Waals surface area contributed by atoms with Gasteiger partial charge in [0.15, 0.2) is 11.4 Å². The smallest absolute Gasteiger partial charge is 0.270 e. The minimum atomic E-state index is -0.790. The molecular formula is C29H35ClN8O4S. The second-order valence-electron chi connectivity index (χ2n) is 11.4. The van der Waals surface area contributed by atoms with Crippen molar-refractivity contribution in [3.05, 3.63) is 51.2 Å². The molecule has 1 amide bonds. The summed E-state index contributed by atoms with van der Waals surface area (Å²) in [6.45, 7) is 4.85. The summed E-state index contributed by atoms with van der Waals surface area (Å²) >= 11 is 7.88. The molecule has 2 aromatic heterocycles. The molecule has 43 heavy (non-hydrogen) atoms. The van der Waals surface area contributed by atoms with Crippen LogP contribution in [0.1, 0.15) is 55.2 Å². The summed E-state index contributed by atoms with van der Waals surface area (Å²) in [6.07, 6.45) is 6.83. The number of carbonyl (C=O) groups is 1. The van der Waals surface area contributed by atoms with E-state index in [1.165, 1.54) is 16.3 Å². The molecule has 3 aromatic rings. The van der Waals surface area contributed by atoms with Crippen molar-refractivity contribution in [1.29, 1.82) is 0 Å². The first-order valence-electron chi connectivity index (χ1n) is 14.6. The van der Waals surface area contributed by atoms with E-state index in [9.17, 15) is 14.7 Å². The Morgan fingerprint density at radius 3 is 2.77 bits per heavy atom. The molecule has 0 radical (unpaired) electrons. The van der Waals surface area contributed by atoms with E-state index in [1.54, 1.807) is 24.4 Å². The third-order valence-electron chi connectivity index (χ3n) is 8.84. The molecule has 12 nitrogen and oxygen atoms in total. The number of anilines is 3. The van der Waals surface area contributed by atoms with Gasteiger partial charge in [0.2, 0.25) is 5.88 Å². The van der Waals surface area contributed by atoms with Gasteiger partial charge >= 0.3 is 0 Å². The molecule has 0 unspecified atom stereocenters. The molecule has 5 heterocycles. The fraction of sp³-hybridized carbons (Fsp3) is 0.483. The Hall–Kier alpha value is -3.39. The predicted octanol–water partition coefficient (Wildman–Crippen LogP) is 3.44. The highest BCUT2D eigenvalue weighted by Crippen LogP contribution is 2.43. The van der Waals surface area contributed by atoms with Gasteiger partial charge < -0.3 is 31.5 Å². The number of hydrogen-bond acceptors (Lipinski definition) is 11. The molecule has 0 bridgehead atoms. The van der Waals surface area contributed by atoms with Gasteiger partial charge in [0.05, 0.1) is 29.6 Å². The Morgan fingerprint density at radius 1 is 1.26 bits per heavy atom. The van der Waals surface area contributed by atoms with E-state index >= 15 is 0 Å². The van der Waals surface area contributed by atoms with Crippen LogP contribution in [0.5, 0.6) is 5.88 Å². The minimum absolute atomic E-state index is 0.00633. The summed E-state index contributed by atoms with van der Waals surface area (Å²) in [5, 5.41) is 13.7. The first-order chi connectivity index (χ1) is 20.7. The summed E-state index contributed by atoms with van der Waals surface area (Å²) in [4.78, 5) is 42.1. The zero-order valence-corrected chi connectivity index (χ0v) is 25.5. The molecule has 6 rings (SSSR count). The lowest BCUT2D eigenvalue weighted by atomic mass is 9.73. The summed E-state index contributed by atoms with van der Waals surface area (Å²) in [6, 6.07) is 5.13. The number of nitrogens with zero attached hydrogens (tertiary/aromatic N) is 5. The van der Waals surface area contributed by atoms with Crippen LogP contribution in [0.25, 0.3) is 0 Å². The monoisotopic (exact) mass is 626 g/mol. The van der Waals surface area contributed by atoms with Gasteiger partial charge in [0.25, 0.3) is 11.5 Å². The topological polar surface area (TPSA) is 175 Å². The highest BCUT2D eigenvalue weighted by atomic mass is 35.5. The predicted molar refractivity (Wildman–Crippen MR) is 165 cm³/mol. The van der Waals surface area contributed by atoms with Crippen LogP contribution in [0, 0.1) is 5.41 Å². The van der Waals surface area contributed by atoms with Crippen molar-refractivity contribution in [1.82, 2.24) is 19.5 Å². The number of nitrogens with two attached hydrogens (primary N) is 2. The van der Waals surface area contributed by atoms with E-state index in [1.807, 2.05) is 0 Å². The third kappa shape index (κ3) is 5.54. The van der Waals surface area contributed by atoms with Crippen LogP contribution in [0.2, 0.25) is 5.02 Å². The van der Waals surface area contributed by atoms with E-state index in [-0.39, 0.29) is 34.1 Å². The maximum absolute atomic E-state index is 13.1. The average molecular weight is 627 g/mol. The van der Waals surface area contributed by atoms with Crippen LogP contribution in [0.3, 0.4) is 0 Å². The Kier molecular flexibility index (Phi) is 8.24. The van der Waals surface area contributed by atoms with Crippen molar-refractivity contribution in [2.24, 2.45) is 11.1 Å². The fourth-order valence-corrected chi connectivity index (χ4v) is 7.35. The lowest BCUT2D eigenvalue weighted by Crippen LogP contribution is -2.51. The van der Waals surface area contributed by atoms with Crippen LogP contribution >= 0.6 is 23.4 Å². The number of hydrogen-bond donors (Lipinski definition) is 4. The van der Waals surface area contributed by atoms with Crippen molar-refractivity contribution in [2.45, 2.75) is 74.1 Å². The van der Waals surface area contributed by atoms with Gasteiger partial charge in [-0.1, -0.05) is 36.4 Å². The minimum Gasteiger partial charge on any atom is -0.493 e. The first kappa shape index (κ1) is 29.7. The molecule has 2 fully saturated rings. The second-order valence-corrected chi connectivity index (χ2v) is 12.8. The van der Waals surface area contributed by atoms with Crippen molar-refractivity contribution in [2.75, 3.05) is 35.6 Å². The number of amides is 1. The Labute approximate surface area is 258 Å². The Balaban J connectivity index is 1.15. The molecule has 2 saturated heterocycles. The van der Waals surface area contributed by atoms with E-state index in [0.29, 0.717) is 41.1 Å². The van der Waals surface area contributed by atoms with Crippen molar-refractivity contribution in [3.8, 4) is 5.88 Å². The molecule has 14 heteroatoms. The highest BCUT2D eigenvalue weighted by Gasteiger charge is 2.48. The molecule has 1 aromatic carbocycles. The molecule has 2 atom stereocenters. The van der Waals surface area contributed by atoms with Crippen molar-refractivity contribution >= 4 is 46.6 Å². The number of fused-ring (bicyclic) bond motifs is 1. The lowest BCUT2D eigenvalue weighted by Gasteiger charge is -2.41. The van der Waals surface area contributed by atoms with Crippen LogP contribution in [0.4, 0.5) is 17.3 Å². The SMILES string of the molecule is CC[C@@H]1OCC2(CCN(c3cnc(Sc4cccc(NC(=O)c5c(O)nc6n(c5=O)CCCC6)c4Cl)c(N)n3)CC2)[C@@H]1N. The maximum atomic E-state index is 13.1. The van der Waals surface area contributed by atoms with Gasteiger partial charge in [0, 0.05) is 42.4 Å². The van der Waals surface area contributed by atoms with Gasteiger partial charge in [-0.05, 0) is 44.2 Å². The average Bonchev–Trinajstić information content (AvgIpc) is 3.30. The molecule has 228 valence electrons. The van der Waals surface area contributed by atoms with Crippen LogP contribution in [-0.4, -0.2) is 62.4 Å². The number of benzene rings is 1. The molecular weight excluding hydrogens is 592 g/mol. The third-order valence-corrected chi connectivity index (χ3v) is 10.4. The Morgan fingerprint density at radius 2 is 2.05 bits per heavy atom. The number of aromatic nitrogens is 4. The molecule has 0 saturated carbocycles. The summed E-state index contributed by atoms with van der Waals surface area (Å²) in [7, 11) is 0. The van der Waals surface area contributed by atoms with Gasteiger partial charge in [-0.15, -0.1) is 0 Å². The normalized spacial score (nSPS) is 21.1. The number of aromatic hydroxyl groups is 1. The maximum Gasteiger partial charge on any atom is 0.270 e. The summed E-state index contributed by atoms with van der Waals surface area (Å²) in [5.41, 5.74) is 12.2. The molecule has 3 aliphatic rings. The molecule has 3 aliphatic heterocycles. The number of piperidine rings is 1. The van der Waals surface area contributed by atoms with Gasteiger partial charge in [-0.2, -0.15) is 4.98 Å². The summed E-state index contributed by atoms with van der Waals surface area (Å²) < 4.78 is 7.42. The zero-order chi connectivity index (χ0) is 30.3. The second kappa shape index (κ2) is 11.9. The lowest BCUT2D eigenvalue weighted by molar-refractivity contribution is 0.0858. The number of rotatable bonds is 6.